The molecule has 3 aromatic heterocycles. The van der Waals surface area contributed by atoms with Crippen LogP contribution in [0.1, 0.15) is 54.4 Å². The molecule has 220 valence electrons. The van der Waals surface area contributed by atoms with Gasteiger partial charge in [0.1, 0.15) is 24.1 Å². The van der Waals surface area contributed by atoms with E-state index in [-0.39, 0.29) is 12.5 Å². The second-order valence-electron chi connectivity index (χ2n) is 10.0. The number of imidazole rings is 1. The van der Waals surface area contributed by atoms with Gasteiger partial charge in [-0.2, -0.15) is 0 Å². The highest BCUT2D eigenvalue weighted by atomic mass is 35.5. The fourth-order valence-electron chi connectivity index (χ4n) is 5.01. The number of hydrogen-bond donors (Lipinski definition) is 0. The summed E-state index contributed by atoms with van der Waals surface area (Å²) in [5, 5.41) is 9.16. The van der Waals surface area contributed by atoms with Crippen molar-refractivity contribution in [2.24, 2.45) is 0 Å². The van der Waals surface area contributed by atoms with Gasteiger partial charge in [-0.3, -0.25) is 4.90 Å². The first-order chi connectivity index (χ1) is 20.4. The lowest BCUT2D eigenvalue weighted by molar-refractivity contribution is -0.134. The maximum absolute atomic E-state index is 14.1. The Morgan fingerprint density at radius 3 is 2.74 bits per heavy atom. The number of aryl methyl sites for hydroxylation is 1. The Balaban J connectivity index is 1.22. The molecule has 0 unspecified atom stereocenters. The lowest BCUT2D eigenvalue weighted by Crippen LogP contribution is -2.33. The van der Waals surface area contributed by atoms with Gasteiger partial charge < -0.3 is 18.6 Å². The number of ether oxygens (including phenoxy) is 2. The fourth-order valence-corrected chi connectivity index (χ4v) is 5.17. The monoisotopic (exact) mass is 593 g/mol. The second kappa shape index (κ2) is 13.7. The molecule has 1 fully saturated rings. The Morgan fingerprint density at radius 1 is 1.14 bits per heavy atom. The van der Waals surface area contributed by atoms with E-state index < -0.39 is 11.8 Å². The van der Waals surface area contributed by atoms with Crippen LogP contribution in [0.5, 0.6) is 5.88 Å². The largest absolute Gasteiger partial charge is 0.473 e. The number of carbonyl (C=O) groups is 1. The molecule has 10 nitrogen and oxygen atoms in total. The number of piperidine rings is 1. The number of esters is 1. The van der Waals surface area contributed by atoms with E-state index in [2.05, 4.69) is 31.6 Å². The average Bonchev–Trinajstić information content (AvgIpc) is 3.62. The molecular formula is C30H33ClFN7O3. The van der Waals surface area contributed by atoms with Crippen molar-refractivity contribution in [3.05, 3.63) is 94.4 Å². The predicted octanol–water partition coefficient (Wildman–Crippen LogP) is 4.88. The zero-order chi connectivity index (χ0) is 29.5. The van der Waals surface area contributed by atoms with Gasteiger partial charge in [-0.1, -0.05) is 23.7 Å². The van der Waals surface area contributed by atoms with Crippen LogP contribution in [0.15, 0.2) is 54.9 Å². The summed E-state index contributed by atoms with van der Waals surface area (Å²) < 4.78 is 28.7. The van der Waals surface area contributed by atoms with E-state index in [4.69, 9.17) is 26.1 Å². The van der Waals surface area contributed by atoms with Crippen LogP contribution in [0.3, 0.4) is 0 Å². The van der Waals surface area contributed by atoms with E-state index in [0.717, 1.165) is 49.8 Å². The van der Waals surface area contributed by atoms with Crippen LogP contribution >= 0.6 is 11.6 Å². The Hall–Kier alpha value is -4.09. The van der Waals surface area contributed by atoms with Gasteiger partial charge in [0, 0.05) is 53.3 Å². The molecule has 0 atom stereocenters. The summed E-state index contributed by atoms with van der Waals surface area (Å²) in [5.41, 5.74) is 1.39. The van der Waals surface area contributed by atoms with Crippen molar-refractivity contribution in [3.63, 3.8) is 0 Å². The first-order valence-electron chi connectivity index (χ1n) is 13.9. The SMILES string of the molecule is CCn1ccnc1Cn1c(/C=C/C(=O)OC)nnc1CN1CCC(c2cccc(OCc3ccc(Cl)cc3F)n2)CC1. The van der Waals surface area contributed by atoms with Crippen molar-refractivity contribution < 1.29 is 18.7 Å². The molecule has 4 heterocycles. The number of rotatable bonds is 11. The molecule has 0 bridgehead atoms. The molecule has 1 saturated heterocycles. The normalized spacial score (nSPS) is 14.5. The lowest BCUT2D eigenvalue weighted by atomic mass is 9.93. The maximum atomic E-state index is 14.1. The van der Waals surface area contributed by atoms with Gasteiger partial charge in [0.15, 0.2) is 5.82 Å². The summed E-state index contributed by atoms with van der Waals surface area (Å²) in [6.45, 7) is 5.75. The first kappa shape index (κ1) is 29.4. The zero-order valence-corrected chi connectivity index (χ0v) is 24.4. The molecule has 5 rings (SSSR count). The molecular weight excluding hydrogens is 561 g/mol. The van der Waals surface area contributed by atoms with Crippen molar-refractivity contribution in [1.82, 2.24) is 34.2 Å². The molecule has 12 heteroatoms. The summed E-state index contributed by atoms with van der Waals surface area (Å²) >= 11 is 5.85. The van der Waals surface area contributed by atoms with Gasteiger partial charge in [-0.25, -0.2) is 19.2 Å². The Labute approximate surface area is 248 Å². The highest BCUT2D eigenvalue weighted by Gasteiger charge is 2.24. The molecule has 0 spiro atoms. The van der Waals surface area contributed by atoms with E-state index in [1.165, 1.54) is 19.3 Å². The van der Waals surface area contributed by atoms with Gasteiger partial charge in [0.25, 0.3) is 0 Å². The van der Waals surface area contributed by atoms with E-state index in [0.29, 0.717) is 35.4 Å². The molecule has 0 saturated carbocycles. The van der Waals surface area contributed by atoms with Gasteiger partial charge >= 0.3 is 5.97 Å². The summed E-state index contributed by atoms with van der Waals surface area (Å²) in [5.74, 6) is 2.15. The highest BCUT2D eigenvalue weighted by Crippen LogP contribution is 2.29. The second-order valence-corrected chi connectivity index (χ2v) is 10.5. The fraction of sp³-hybridized carbons (Fsp3) is 0.367. The number of pyridine rings is 1. The van der Waals surface area contributed by atoms with Gasteiger partial charge in [-0.15, -0.1) is 10.2 Å². The summed E-state index contributed by atoms with van der Waals surface area (Å²) in [6.07, 6.45) is 8.53. The highest BCUT2D eigenvalue weighted by molar-refractivity contribution is 6.30. The summed E-state index contributed by atoms with van der Waals surface area (Å²) in [6, 6.07) is 10.3. The molecule has 0 amide bonds. The number of nitrogens with zero attached hydrogens (tertiary/aromatic N) is 7. The minimum Gasteiger partial charge on any atom is -0.473 e. The minimum atomic E-state index is -0.455. The molecule has 1 aliphatic heterocycles. The third-order valence-electron chi connectivity index (χ3n) is 7.37. The van der Waals surface area contributed by atoms with Crippen molar-refractivity contribution in [3.8, 4) is 5.88 Å². The molecule has 0 N–H and O–H groups in total. The first-order valence-corrected chi connectivity index (χ1v) is 14.3. The van der Waals surface area contributed by atoms with Crippen LogP contribution in [0.2, 0.25) is 5.02 Å². The van der Waals surface area contributed by atoms with Gasteiger partial charge in [0.05, 0.1) is 20.2 Å². The smallest absolute Gasteiger partial charge is 0.330 e. The van der Waals surface area contributed by atoms with Crippen molar-refractivity contribution in [1.29, 1.82) is 0 Å². The number of likely N-dealkylation sites (tertiary alicyclic amines) is 1. The number of hydrogen-bond acceptors (Lipinski definition) is 8. The van der Waals surface area contributed by atoms with Crippen LogP contribution in [0, 0.1) is 5.82 Å². The molecule has 42 heavy (non-hydrogen) atoms. The van der Waals surface area contributed by atoms with Crippen LogP contribution in [0.25, 0.3) is 6.08 Å². The molecule has 0 radical (unpaired) electrons. The Morgan fingerprint density at radius 2 is 1.98 bits per heavy atom. The van der Waals surface area contributed by atoms with Crippen LogP contribution < -0.4 is 4.74 Å². The Kier molecular flexibility index (Phi) is 9.60. The number of methoxy groups -OCH3 is 1. The van der Waals surface area contributed by atoms with Crippen LogP contribution in [-0.4, -0.2) is 60.4 Å². The minimum absolute atomic E-state index is 0.0773. The molecule has 0 aliphatic carbocycles. The third-order valence-corrected chi connectivity index (χ3v) is 7.61. The van der Waals surface area contributed by atoms with Gasteiger partial charge in [-0.05, 0) is 57.1 Å². The van der Waals surface area contributed by atoms with Crippen molar-refractivity contribution >= 4 is 23.6 Å². The summed E-state index contributed by atoms with van der Waals surface area (Å²) in [7, 11) is 1.34. The zero-order valence-electron chi connectivity index (χ0n) is 23.6. The van der Waals surface area contributed by atoms with Crippen molar-refractivity contribution in [2.75, 3.05) is 20.2 Å². The topological polar surface area (TPSA) is 100 Å². The molecule has 1 aromatic carbocycles. The molecule has 4 aromatic rings. The number of aromatic nitrogens is 6. The molecule has 1 aliphatic rings. The number of carbonyl (C=O) groups excluding carboxylic acids is 1. The van der Waals surface area contributed by atoms with E-state index in [9.17, 15) is 9.18 Å². The third kappa shape index (κ3) is 7.21. The summed E-state index contributed by atoms with van der Waals surface area (Å²) in [4.78, 5) is 23.3. The van der Waals surface area contributed by atoms with E-state index in [1.54, 1.807) is 30.5 Å². The van der Waals surface area contributed by atoms with Crippen LogP contribution in [-0.2, 0) is 35.8 Å². The lowest BCUT2D eigenvalue weighted by Gasteiger charge is -2.31. The van der Waals surface area contributed by atoms with Crippen molar-refractivity contribution in [2.45, 2.75) is 51.9 Å². The van der Waals surface area contributed by atoms with E-state index >= 15 is 0 Å². The van der Waals surface area contributed by atoms with Crippen LogP contribution in [0.4, 0.5) is 4.39 Å². The maximum Gasteiger partial charge on any atom is 0.330 e. The number of benzene rings is 1. The van der Waals surface area contributed by atoms with E-state index in [1.807, 2.05) is 22.9 Å². The standard InChI is InChI=1S/C30H33ClFN7O3/c1-3-38-16-13-33-27(38)19-39-26(9-10-30(40)41-2)35-36-28(39)18-37-14-11-21(12-15-37)25-5-4-6-29(34-25)42-20-22-7-8-23(31)17-24(22)32/h4-10,13,16-17,21H,3,11-12,14-15,18-20H2,1-2H3/b10-9+. The average molecular weight is 594 g/mol. The number of halogens is 2. The quantitative estimate of drug-likeness (QED) is 0.179. The van der Waals surface area contributed by atoms with Gasteiger partial charge in [0.2, 0.25) is 5.88 Å². The Bertz CT molecular complexity index is 1550. The predicted molar refractivity (Wildman–Crippen MR) is 155 cm³/mol.